The summed E-state index contributed by atoms with van der Waals surface area (Å²) < 4.78 is 0. The zero-order valence-corrected chi connectivity index (χ0v) is 25.0. The molecule has 0 fully saturated rings. The predicted octanol–water partition coefficient (Wildman–Crippen LogP) is 11.0. The standard InChI is InChI=1S/C32H32N4S3/c1-5-7-9-11-13-24-18-30(38-28(24)17-23(21-33)22-34)26-15-16-27(37-26)31-19-25(14-12-10-8-6-2)29(39-31)20-32(35-3)36-4/h15-20H,5-14H2,1-2H3. The summed E-state index contributed by atoms with van der Waals surface area (Å²) in [5.41, 5.74) is 2.55. The van der Waals surface area contributed by atoms with Crippen molar-refractivity contribution >= 4 is 46.2 Å². The lowest BCUT2D eigenvalue weighted by Gasteiger charge is -2.00. The van der Waals surface area contributed by atoms with Crippen molar-refractivity contribution in [2.75, 3.05) is 0 Å². The van der Waals surface area contributed by atoms with E-state index < -0.39 is 0 Å². The fourth-order valence-corrected chi connectivity index (χ4v) is 7.75. The highest BCUT2D eigenvalue weighted by Gasteiger charge is 2.16. The molecule has 0 radical (unpaired) electrons. The van der Waals surface area contributed by atoms with E-state index in [4.69, 9.17) is 13.1 Å². The highest BCUT2D eigenvalue weighted by atomic mass is 32.1. The van der Waals surface area contributed by atoms with Gasteiger partial charge >= 0.3 is 5.82 Å². The Kier molecular flexibility index (Phi) is 12.2. The summed E-state index contributed by atoms with van der Waals surface area (Å²) in [6.07, 6.45) is 14.7. The van der Waals surface area contributed by atoms with Gasteiger partial charge in [0.15, 0.2) is 0 Å². The summed E-state index contributed by atoms with van der Waals surface area (Å²) in [7, 11) is 0. The first-order valence-corrected chi connectivity index (χ1v) is 15.9. The molecule has 3 aromatic rings. The Labute approximate surface area is 244 Å². The molecule has 3 aromatic heterocycles. The number of hydrogen-bond acceptors (Lipinski definition) is 5. The first-order valence-electron chi connectivity index (χ1n) is 13.4. The van der Waals surface area contributed by atoms with Crippen molar-refractivity contribution in [3.63, 3.8) is 0 Å². The summed E-state index contributed by atoms with van der Waals surface area (Å²) in [4.78, 5) is 13.4. The smallest absolute Gasteiger partial charge is 0.192 e. The van der Waals surface area contributed by atoms with Crippen LogP contribution in [0.2, 0.25) is 0 Å². The van der Waals surface area contributed by atoms with Gasteiger partial charge in [0, 0.05) is 35.3 Å². The third-order valence-electron chi connectivity index (χ3n) is 6.38. The number of allylic oxidation sites excluding steroid dienone is 1. The van der Waals surface area contributed by atoms with Gasteiger partial charge in [-0.05, 0) is 67.2 Å². The molecule has 0 unspecified atom stereocenters. The number of hydrogen-bond donors (Lipinski definition) is 0. The Bertz CT molecular complexity index is 1340. The van der Waals surface area contributed by atoms with Gasteiger partial charge in [-0.1, -0.05) is 52.4 Å². The van der Waals surface area contributed by atoms with Gasteiger partial charge in [0.05, 0.1) is 0 Å². The van der Waals surface area contributed by atoms with Crippen molar-refractivity contribution in [1.29, 1.82) is 10.5 Å². The number of aryl methyl sites for hydroxylation is 2. The van der Waals surface area contributed by atoms with Crippen LogP contribution >= 0.6 is 34.0 Å². The van der Waals surface area contributed by atoms with E-state index in [-0.39, 0.29) is 11.4 Å². The molecule has 0 atom stereocenters. The Morgan fingerprint density at radius 3 is 1.64 bits per heavy atom. The Balaban J connectivity index is 1.93. The van der Waals surface area contributed by atoms with Crippen molar-refractivity contribution in [3.05, 3.63) is 79.4 Å². The van der Waals surface area contributed by atoms with Crippen molar-refractivity contribution in [3.8, 4) is 31.6 Å². The monoisotopic (exact) mass is 568 g/mol. The van der Waals surface area contributed by atoms with Crippen LogP contribution in [0.4, 0.5) is 0 Å². The van der Waals surface area contributed by atoms with Crippen LogP contribution in [0, 0.1) is 35.8 Å². The first kappa shape index (κ1) is 30.1. The summed E-state index contributed by atoms with van der Waals surface area (Å²) in [6, 6.07) is 12.8. The Hall–Kier alpha value is -3.46. The maximum Gasteiger partial charge on any atom is 0.520 e. The third-order valence-corrected chi connectivity index (χ3v) is 10.1. The lowest BCUT2D eigenvalue weighted by Crippen LogP contribution is -1.86. The Morgan fingerprint density at radius 2 is 1.21 bits per heavy atom. The van der Waals surface area contributed by atoms with E-state index in [0.717, 1.165) is 50.1 Å². The van der Waals surface area contributed by atoms with E-state index >= 15 is 0 Å². The molecule has 0 aliphatic heterocycles. The minimum absolute atomic E-state index is 0.102. The van der Waals surface area contributed by atoms with Gasteiger partial charge in [-0.3, -0.25) is 0 Å². The van der Waals surface area contributed by atoms with Crippen LogP contribution in [0.25, 0.3) is 41.4 Å². The molecule has 4 nitrogen and oxygen atoms in total. The minimum Gasteiger partial charge on any atom is -0.192 e. The van der Waals surface area contributed by atoms with Crippen LogP contribution in [0.3, 0.4) is 0 Å². The van der Waals surface area contributed by atoms with E-state index in [0.29, 0.717) is 0 Å². The maximum atomic E-state index is 9.30. The largest absolute Gasteiger partial charge is 0.520 e. The van der Waals surface area contributed by atoms with Crippen LogP contribution in [0.15, 0.2) is 35.7 Å². The summed E-state index contributed by atoms with van der Waals surface area (Å²) in [5, 5.41) is 18.6. The normalized spacial score (nSPS) is 10.2. The summed E-state index contributed by atoms with van der Waals surface area (Å²) in [6.45, 7) is 19.0. The zero-order chi connectivity index (χ0) is 28.0. The molecular weight excluding hydrogens is 537 g/mol. The van der Waals surface area contributed by atoms with E-state index in [1.807, 2.05) is 12.1 Å². The van der Waals surface area contributed by atoms with Crippen LogP contribution in [-0.2, 0) is 12.8 Å². The van der Waals surface area contributed by atoms with Gasteiger partial charge in [0.25, 0.3) is 0 Å². The molecule has 198 valence electrons. The molecule has 0 saturated heterocycles. The minimum atomic E-state index is 0.102. The van der Waals surface area contributed by atoms with E-state index in [9.17, 15) is 10.5 Å². The second-order valence-electron chi connectivity index (χ2n) is 9.29. The molecule has 39 heavy (non-hydrogen) atoms. The molecule has 0 saturated carbocycles. The van der Waals surface area contributed by atoms with Gasteiger partial charge in [0.1, 0.15) is 30.9 Å². The fraction of sp³-hybridized carbons (Fsp3) is 0.375. The quantitative estimate of drug-likeness (QED) is 0.110. The second-order valence-corrected chi connectivity index (χ2v) is 12.5. The molecule has 0 amide bonds. The maximum absolute atomic E-state index is 9.30. The summed E-state index contributed by atoms with van der Waals surface area (Å²) in [5.74, 6) is 0.102. The van der Waals surface area contributed by atoms with Gasteiger partial charge in [-0.2, -0.15) is 20.2 Å². The number of rotatable bonds is 14. The van der Waals surface area contributed by atoms with Gasteiger partial charge in [-0.15, -0.1) is 34.0 Å². The van der Waals surface area contributed by atoms with Gasteiger partial charge < -0.3 is 0 Å². The average Bonchev–Trinajstić information content (AvgIpc) is 3.69. The molecule has 0 aliphatic carbocycles. The van der Waals surface area contributed by atoms with Crippen LogP contribution in [-0.4, -0.2) is 0 Å². The number of nitriles is 2. The fourth-order valence-electron chi connectivity index (χ4n) is 4.28. The molecule has 0 aliphatic rings. The van der Waals surface area contributed by atoms with Crippen molar-refractivity contribution in [2.24, 2.45) is 0 Å². The number of unbranched alkanes of at least 4 members (excludes halogenated alkanes) is 6. The SMILES string of the molecule is [C-]#[N+]C(=Cc1sc(-c2ccc(-c3cc(CCCCCC)c(C=C(C#N)C#N)s3)s2)cc1CCCCCC)[N+]#[C-]. The lowest BCUT2D eigenvalue weighted by molar-refractivity contribution is 0.667. The Morgan fingerprint density at radius 1 is 0.718 bits per heavy atom. The van der Waals surface area contributed by atoms with E-state index in [1.165, 1.54) is 54.5 Å². The third kappa shape index (κ3) is 8.51. The molecular formula is C32H32N4S3. The highest BCUT2D eigenvalue weighted by Crippen LogP contribution is 2.43. The number of nitrogens with zero attached hydrogens (tertiary/aromatic N) is 4. The average molecular weight is 569 g/mol. The summed E-state index contributed by atoms with van der Waals surface area (Å²) >= 11 is 5.03. The van der Waals surface area contributed by atoms with Crippen molar-refractivity contribution < 1.29 is 0 Å². The molecule has 3 heterocycles. The van der Waals surface area contributed by atoms with Crippen molar-refractivity contribution in [2.45, 2.75) is 78.1 Å². The second kappa shape index (κ2) is 15.8. The van der Waals surface area contributed by atoms with Gasteiger partial charge in [-0.25, -0.2) is 0 Å². The first-order chi connectivity index (χ1) is 19.1. The van der Waals surface area contributed by atoms with Crippen LogP contribution in [0.1, 0.15) is 86.1 Å². The molecule has 0 bridgehead atoms. The van der Waals surface area contributed by atoms with E-state index in [2.05, 4.69) is 47.8 Å². The molecule has 7 heteroatoms. The topological polar surface area (TPSA) is 56.3 Å². The molecule has 0 N–H and O–H groups in total. The predicted molar refractivity (Wildman–Crippen MR) is 167 cm³/mol. The lowest BCUT2D eigenvalue weighted by atomic mass is 10.1. The number of thiophene rings is 3. The van der Waals surface area contributed by atoms with Crippen molar-refractivity contribution in [1.82, 2.24) is 0 Å². The molecule has 3 rings (SSSR count). The van der Waals surface area contributed by atoms with E-state index in [1.54, 1.807) is 46.2 Å². The highest BCUT2D eigenvalue weighted by molar-refractivity contribution is 7.26. The van der Waals surface area contributed by atoms with Gasteiger partial charge in [0.2, 0.25) is 0 Å². The molecule has 0 spiro atoms. The van der Waals surface area contributed by atoms with Crippen LogP contribution < -0.4 is 0 Å². The molecule has 0 aromatic carbocycles. The zero-order valence-electron chi connectivity index (χ0n) is 22.5. The van der Waals surface area contributed by atoms with Crippen LogP contribution in [0.5, 0.6) is 0 Å².